The lowest BCUT2D eigenvalue weighted by Gasteiger charge is -2.19. The fourth-order valence-electron chi connectivity index (χ4n) is 9.29. The van der Waals surface area contributed by atoms with E-state index in [0.717, 1.165) is 21.9 Å². The van der Waals surface area contributed by atoms with Crippen LogP contribution in [0.3, 0.4) is 0 Å². The van der Waals surface area contributed by atoms with E-state index in [4.69, 9.17) is 4.42 Å². The van der Waals surface area contributed by atoms with Gasteiger partial charge in [0.15, 0.2) is 0 Å². The molecule has 0 saturated heterocycles. The average Bonchev–Trinajstić information content (AvgIpc) is 3.66. The van der Waals surface area contributed by atoms with Crippen molar-refractivity contribution in [3.8, 4) is 22.3 Å². The highest BCUT2D eigenvalue weighted by atomic mass is 16.3. The minimum Gasteiger partial charge on any atom is -0.463 e. The summed E-state index contributed by atoms with van der Waals surface area (Å²) >= 11 is 0. The van der Waals surface area contributed by atoms with Gasteiger partial charge in [-0.1, -0.05) is 152 Å². The fraction of sp³-hybridized carbons (Fsp3) is 0. The van der Waals surface area contributed by atoms with Crippen LogP contribution >= 0.6 is 0 Å². The highest BCUT2D eigenvalue weighted by Crippen LogP contribution is 2.49. The fourth-order valence-corrected chi connectivity index (χ4v) is 9.29. The molecule has 1 nitrogen and oxygen atoms in total. The Morgan fingerprint density at radius 1 is 0.264 bits per heavy atom. The van der Waals surface area contributed by atoms with Gasteiger partial charge in [-0.15, -0.1) is 0 Å². The lowest BCUT2D eigenvalue weighted by Crippen LogP contribution is -1.92. The van der Waals surface area contributed by atoms with Crippen LogP contribution in [0.4, 0.5) is 0 Å². The van der Waals surface area contributed by atoms with E-state index in [9.17, 15) is 0 Å². The maximum Gasteiger partial charge on any atom is 0.142 e. The largest absolute Gasteiger partial charge is 0.463 e. The van der Waals surface area contributed by atoms with Crippen molar-refractivity contribution >= 4 is 97.1 Å². The van der Waals surface area contributed by atoms with Gasteiger partial charge in [-0.2, -0.15) is 0 Å². The first kappa shape index (κ1) is 28.7. The molecule has 1 aromatic heterocycles. The molecule has 11 aromatic carbocycles. The summed E-state index contributed by atoms with van der Waals surface area (Å²) in [7, 11) is 0. The summed E-state index contributed by atoms with van der Waals surface area (Å²) in [4.78, 5) is 0. The molecule has 0 unspecified atom stereocenters. The van der Waals surface area contributed by atoms with Crippen molar-refractivity contribution < 1.29 is 4.42 Å². The molecule has 0 spiro atoms. The van der Waals surface area contributed by atoms with E-state index in [0.29, 0.717) is 0 Å². The lowest BCUT2D eigenvalue weighted by atomic mass is 9.83. The highest BCUT2D eigenvalue weighted by Gasteiger charge is 2.22. The van der Waals surface area contributed by atoms with Crippen LogP contribution in [-0.4, -0.2) is 0 Å². The number of fused-ring (bicyclic) bond motifs is 15. The predicted octanol–water partition coefficient (Wildman–Crippen LogP) is 15.0. The van der Waals surface area contributed by atoms with Gasteiger partial charge in [0, 0.05) is 21.9 Å². The topological polar surface area (TPSA) is 13.1 Å². The Morgan fingerprint density at radius 3 is 1.60 bits per heavy atom. The van der Waals surface area contributed by atoms with Crippen molar-refractivity contribution in [3.63, 3.8) is 0 Å². The van der Waals surface area contributed by atoms with Gasteiger partial charge in [-0.3, -0.25) is 0 Å². The summed E-state index contributed by atoms with van der Waals surface area (Å²) in [5.74, 6) is 0. The van der Waals surface area contributed by atoms with Gasteiger partial charge in [0.2, 0.25) is 0 Å². The van der Waals surface area contributed by atoms with Gasteiger partial charge < -0.3 is 4.42 Å². The average molecular weight is 671 g/mol. The van der Waals surface area contributed by atoms with E-state index < -0.39 is 0 Å². The third-order valence-corrected chi connectivity index (χ3v) is 11.7. The summed E-state index contributed by atoms with van der Waals surface area (Å²) in [6, 6.07) is 64.8. The molecule has 0 radical (unpaired) electrons. The minimum atomic E-state index is 0.923. The van der Waals surface area contributed by atoms with Crippen molar-refractivity contribution in [1.82, 2.24) is 0 Å². The molecular formula is C52H30O. The van der Waals surface area contributed by atoms with Gasteiger partial charge in [0.25, 0.3) is 0 Å². The number of furan rings is 1. The molecule has 0 aliphatic carbocycles. The first-order valence-corrected chi connectivity index (χ1v) is 18.3. The Labute approximate surface area is 304 Å². The smallest absolute Gasteiger partial charge is 0.142 e. The second-order valence-corrected chi connectivity index (χ2v) is 14.4. The number of benzene rings is 11. The standard InChI is InChI=1S/C52H30O/c1-2-13-34-29-47-35(28-33(34)12-1)22-24-44(49(47)48-30-53-52-45-25-21-31-10-3-5-14-36(31)40(45)26-27-46(48)52)42-19-9-18-41-38-16-7-8-17-39(38)43-23-20-32-11-4-6-15-37(32)50(43)51(41)42/h1-30H. The molecule has 53 heavy (non-hydrogen) atoms. The van der Waals surface area contributed by atoms with Gasteiger partial charge in [-0.05, 0) is 116 Å². The first-order valence-electron chi connectivity index (χ1n) is 18.3. The van der Waals surface area contributed by atoms with Crippen LogP contribution in [0.25, 0.3) is 119 Å². The Balaban J connectivity index is 1.26. The summed E-state index contributed by atoms with van der Waals surface area (Å²) < 4.78 is 6.67. The van der Waals surface area contributed by atoms with Gasteiger partial charge in [0.1, 0.15) is 5.58 Å². The van der Waals surface area contributed by atoms with Crippen LogP contribution in [-0.2, 0) is 0 Å². The first-order chi connectivity index (χ1) is 26.3. The number of hydrogen-bond donors (Lipinski definition) is 0. The molecule has 12 rings (SSSR count). The molecule has 1 heterocycles. The molecule has 0 fully saturated rings. The second-order valence-electron chi connectivity index (χ2n) is 14.4. The van der Waals surface area contributed by atoms with Crippen molar-refractivity contribution in [3.05, 3.63) is 182 Å². The van der Waals surface area contributed by atoms with E-state index in [-0.39, 0.29) is 0 Å². The summed E-state index contributed by atoms with van der Waals surface area (Å²) in [5.41, 5.74) is 5.65. The van der Waals surface area contributed by atoms with Crippen LogP contribution < -0.4 is 0 Å². The zero-order chi connectivity index (χ0) is 34.6. The van der Waals surface area contributed by atoms with Crippen LogP contribution in [0.2, 0.25) is 0 Å². The van der Waals surface area contributed by atoms with E-state index >= 15 is 0 Å². The summed E-state index contributed by atoms with van der Waals surface area (Å²) in [6.45, 7) is 0. The summed E-state index contributed by atoms with van der Waals surface area (Å²) in [5, 5.41) is 21.0. The monoisotopic (exact) mass is 670 g/mol. The number of hydrogen-bond acceptors (Lipinski definition) is 1. The van der Waals surface area contributed by atoms with Crippen LogP contribution in [0.15, 0.2) is 187 Å². The Morgan fingerprint density at radius 2 is 0.811 bits per heavy atom. The highest BCUT2D eigenvalue weighted by molar-refractivity contribution is 6.34. The van der Waals surface area contributed by atoms with E-state index in [2.05, 4.69) is 176 Å². The molecule has 0 aliphatic heterocycles. The molecule has 0 bridgehead atoms. The second kappa shape index (κ2) is 10.8. The molecule has 12 aromatic rings. The van der Waals surface area contributed by atoms with Gasteiger partial charge in [-0.25, -0.2) is 0 Å². The molecule has 1 heteroatoms. The Bertz CT molecular complexity index is 3510. The molecular weight excluding hydrogens is 641 g/mol. The zero-order valence-corrected chi connectivity index (χ0v) is 28.7. The van der Waals surface area contributed by atoms with Crippen molar-refractivity contribution in [2.75, 3.05) is 0 Å². The van der Waals surface area contributed by atoms with Crippen molar-refractivity contribution in [1.29, 1.82) is 0 Å². The Kier molecular flexibility index (Phi) is 5.84. The lowest BCUT2D eigenvalue weighted by molar-refractivity contribution is 0.620. The number of rotatable bonds is 2. The molecule has 244 valence electrons. The maximum atomic E-state index is 6.67. The van der Waals surface area contributed by atoms with Crippen LogP contribution in [0.5, 0.6) is 0 Å². The SMILES string of the molecule is c1ccc2cc3c(-c4coc5c4ccc4c6ccccc6ccc45)c(-c4cccc5c6ccccc6c6ccc7ccccc7c6c45)ccc3cc2c1. The molecule has 0 atom stereocenters. The molecule has 0 saturated carbocycles. The van der Waals surface area contributed by atoms with Gasteiger partial charge >= 0.3 is 0 Å². The molecule has 0 N–H and O–H groups in total. The normalized spacial score (nSPS) is 12.2. The van der Waals surface area contributed by atoms with Crippen LogP contribution in [0, 0.1) is 0 Å². The van der Waals surface area contributed by atoms with E-state index in [1.165, 1.54) is 97.5 Å². The quantitative estimate of drug-likeness (QED) is 0.132. The predicted molar refractivity (Wildman–Crippen MR) is 227 cm³/mol. The molecule has 0 amide bonds. The molecule has 0 aliphatic rings. The maximum absolute atomic E-state index is 6.67. The summed E-state index contributed by atoms with van der Waals surface area (Å²) in [6.07, 6.45) is 2.00. The van der Waals surface area contributed by atoms with Gasteiger partial charge in [0.05, 0.1) is 6.26 Å². The van der Waals surface area contributed by atoms with Crippen LogP contribution in [0.1, 0.15) is 0 Å². The van der Waals surface area contributed by atoms with Crippen molar-refractivity contribution in [2.24, 2.45) is 0 Å². The van der Waals surface area contributed by atoms with Crippen molar-refractivity contribution in [2.45, 2.75) is 0 Å². The zero-order valence-electron chi connectivity index (χ0n) is 28.7. The third-order valence-electron chi connectivity index (χ3n) is 11.7. The Hall–Kier alpha value is -6.96. The van der Waals surface area contributed by atoms with E-state index in [1.54, 1.807) is 0 Å². The minimum absolute atomic E-state index is 0.923. The third kappa shape index (κ3) is 4.02. The van der Waals surface area contributed by atoms with E-state index in [1.807, 2.05) is 6.26 Å².